The van der Waals surface area contributed by atoms with Gasteiger partial charge in [0, 0.05) is 25.7 Å². The molecule has 0 heterocycles. The van der Waals surface area contributed by atoms with E-state index in [-0.39, 0.29) is 0 Å². The molecule has 0 aliphatic heterocycles. The molecule has 0 aromatic carbocycles. The minimum absolute atomic E-state index is 0.450. The topological polar surface area (TPSA) is 27.7 Å². The highest BCUT2D eigenvalue weighted by Gasteiger charge is 2.25. The van der Waals surface area contributed by atoms with Crippen LogP contribution in [0.25, 0.3) is 0 Å². The predicted octanol–water partition coefficient (Wildman–Crippen LogP) is 5.60. The van der Waals surface area contributed by atoms with E-state index in [2.05, 4.69) is 50.0 Å². The molecule has 0 aromatic rings. The summed E-state index contributed by atoms with van der Waals surface area (Å²) in [5, 5.41) is 4.34. The van der Waals surface area contributed by atoms with Crippen molar-refractivity contribution in [3.05, 3.63) is 0 Å². The molecule has 0 aromatic heterocycles. The molecule has 1 N–H and O–H groups in total. The van der Waals surface area contributed by atoms with Crippen LogP contribution in [0.1, 0.15) is 97.8 Å². The highest BCUT2D eigenvalue weighted by Crippen LogP contribution is 2.25. The van der Waals surface area contributed by atoms with Gasteiger partial charge in [0.15, 0.2) is 5.11 Å². The Hall–Kier alpha value is -0.390. The maximum absolute atomic E-state index is 6.17. The monoisotopic (exact) mass is 427 g/mol. The van der Waals surface area contributed by atoms with Gasteiger partial charge < -0.3 is 19.9 Å². The fourth-order valence-corrected chi connectivity index (χ4v) is 4.36. The number of rotatable bonds is 15. The molecule has 1 aliphatic rings. The molecule has 172 valence electrons. The first-order valence-electron chi connectivity index (χ1n) is 12.3. The zero-order chi connectivity index (χ0) is 21.5. The molecule has 4 nitrogen and oxygen atoms in total. The van der Waals surface area contributed by atoms with E-state index in [0.717, 1.165) is 18.1 Å². The lowest BCUT2D eigenvalue weighted by atomic mass is 9.92. The summed E-state index contributed by atoms with van der Waals surface area (Å²) in [6, 6.07) is 1.01. The molecule has 1 aliphatic carbocycles. The third-order valence-corrected chi connectivity index (χ3v) is 6.83. The van der Waals surface area contributed by atoms with Gasteiger partial charge >= 0.3 is 0 Å². The predicted molar refractivity (Wildman–Crippen MR) is 131 cm³/mol. The SMILES string of the molecule is CCCCCN(C)CCCCCCO[C@H]1CC[C@H](N(C)C(=S)NC(C)CC)CC1. The average molecular weight is 428 g/mol. The fourth-order valence-electron chi connectivity index (χ4n) is 4.01. The highest BCUT2D eigenvalue weighted by atomic mass is 32.1. The first-order chi connectivity index (χ1) is 14.0. The van der Waals surface area contributed by atoms with E-state index in [1.807, 2.05) is 0 Å². The van der Waals surface area contributed by atoms with Gasteiger partial charge in [-0.05, 0) is 90.6 Å². The van der Waals surface area contributed by atoms with Crippen molar-refractivity contribution in [2.75, 3.05) is 33.8 Å². The van der Waals surface area contributed by atoms with Gasteiger partial charge in [-0.2, -0.15) is 0 Å². The van der Waals surface area contributed by atoms with Crippen LogP contribution in [0.15, 0.2) is 0 Å². The van der Waals surface area contributed by atoms with Crippen LogP contribution in [-0.2, 0) is 4.74 Å². The Kier molecular flexibility index (Phi) is 15.0. The number of nitrogens with zero attached hydrogens (tertiary/aromatic N) is 2. The maximum Gasteiger partial charge on any atom is 0.169 e. The molecule has 5 heteroatoms. The van der Waals surface area contributed by atoms with E-state index < -0.39 is 0 Å². The number of thiocarbonyl (C=S) groups is 1. The van der Waals surface area contributed by atoms with Gasteiger partial charge in [-0.25, -0.2) is 0 Å². The summed E-state index contributed by atoms with van der Waals surface area (Å²) in [5.74, 6) is 0. The smallest absolute Gasteiger partial charge is 0.169 e. The number of hydrogen-bond acceptors (Lipinski definition) is 3. The van der Waals surface area contributed by atoms with Crippen molar-refractivity contribution in [1.82, 2.24) is 15.1 Å². The summed E-state index contributed by atoms with van der Waals surface area (Å²) < 4.78 is 6.17. The zero-order valence-electron chi connectivity index (χ0n) is 20.0. The lowest BCUT2D eigenvalue weighted by Crippen LogP contribution is -2.47. The van der Waals surface area contributed by atoms with Gasteiger partial charge in [0.2, 0.25) is 0 Å². The maximum atomic E-state index is 6.17. The molecule has 0 amide bonds. The van der Waals surface area contributed by atoms with E-state index in [4.69, 9.17) is 17.0 Å². The molecule has 1 atom stereocenters. The number of unbranched alkanes of at least 4 members (excludes halogenated alkanes) is 5. The van der Waals surface area contributed by atoms with Gasteiger partial charge in [-0.1, -0.05) is 39.5 Å². The fraction of sp³-hybridized carbons (Fsp3) is 0.958. The first-order valence-corrected chi connectivity index (χ1v) is 12.7. The van der Waals surface area contributed by atoms with E-state index in [1.165, 1.54) is 83.7 Å². The second-order valence-electron chi connectivity index (χ2n) is 9.10. The van der Waals surface area contributed by atoms with Crippen LogP contribution in [0.3, 0.4) is 0 Å². The molecule has 0 radical (unpaired) electrons. The van der Waals surface area contributed by atoms with E-state index in [1.54, 1.807) is 0 Å². The summed E-state index contributed by atoms with van der Waals surface area (Å²) in [6.07, 6.45) is 15.5. The Morgan fingerprint density at radius 3 is 2.21 bits per heavy atom. The third-order valence-electron chi connectivity index (χ3n) is 6.43. The van der Waals surface area contributed by atoms with Crippen molar-refractivity contribution in [3.63, 3.8) is 0 Å². The molecule has 29 heavy (non-hydrogen) atoms. The first kappa shape index (κ1) is 26.6. The van der Waals surface area contributed by atoms with Gasteiger partial charge in [0.1, 0.15) is 0 Å². The lowest BCUT2D eigenvalue weighted by Gasteiger charge is -2.36. The molecule has 0 bridgehead atoms. The van der Waals surface area contributed by atoms with Crippen molar-refractivity contribution >= 4 is 17.3 Å². The second kappa shape index (κ2) is 16.3. The Morgan fingerprint density at radius 1 is 0.966 bits per heavy atom. The summed E-state index contributed by atoms with van der Waals surface area (Å²) in [7, 11) is 4.41. The molecular weight excluding hydrogens is 378 g/mol. The van der Waals surface area contributed by atoms with E-state index in [9.17, 15) is 0 Å². The van der Waals surface area contributed by atoms with Gasteiger partial charge in [-0.3, -0.25) is 0 Å². The normalized spacial score (nSPS) is 20.6. The van der Waals surface area contributed by atoms with Crippen LogP contribution in [0.4, 0.5) is 0 Å². The number of nitrogens with one attached hydrogen (secondary N) is 1. The van der Waals surface area contributed by atoms with Crippen molar-refractivity contribution in [2.45, 2.75) is 116 Å². The van der Waals surface area contributed by atoms with Crippen molar-refractivity contribution < 1.29 is 4.74 Å². The van der Waals surface area contributed by atoms with Crippen LogP contribution in [0, 0.1) is 0 Å². The molecular formula is C24H49N3OS. The highest BCUT2D eigenvalue weighted by molar-refractivity contribution is 7.80. The standard InChI is InChI=1S/C24H49N3OS/c1-6-8-11-18-26(4)19-12-9-10-13-20-28-23-16-14-22(15-17-23)27(5)24(29)25-21(3)7-2/h21-23H,6-20H2,1-5H3,(H,25,29)/t21?,22-,23-. The van der Waals surface area contributed by atoms with Gasteiger partial charge in [0.05, 0.1) is 6.10 Å². The van der Waals surface area contributed by atoms with Crippen LogP contribution in [-0.4, -0.2) is 66.9 Å². The van der Waals surface area contributed by atoms with Crippen molar-refractivity contribution in [3.8, 4) is 0 Å². The van der Waals surface area contributed by atoms with Gasteiger partial charge in [0.25, 0.3) is 0 Å². The lowest BCUT2D eigenvalue weighted by molar-refractivity contribution is 0.0146. The second-order valence-corrected chi connectivity index (χ2v) is 9.48. The van der Waals surface area contributed by atoms with Crippen LogP contribution in [0.5, 0.6) is 0 Å². The minimum atomic E-state index is 0.450. The number of ether oxygens (including phenoxy) is 1. The molecule has 0 spiro atoms. The average Bonchev–Trinajstić information content (AvgIpc) is 2.73. The van der Waals surface area contributed by atoms with Crippen LogP contribution < -0.4 is 5.32 Å². The van der Waals surface area contributed by atoms with E-state index in [0.29, 0.717) is 18.2 Å². The molecule has 1 saturated carbocycles. The zero-order valence-corrected chi connectivity index (χ0v) is 20.9. The molecule has 1 rings (SSSR count). The Morgan fingerprint density at radius 2 is 1.59 bits per heavy atom. The summed E-state index contributed by atoms with van der Waals surface area (Å²) in [6.45, 7) is 10.1. The Balaban J connectivity index is 2.02. The van der Waals surface area contributed by atoms with Crippen molar-refractivity contribution in [2.24, 2.45) is 0 Å². The quantitative estimate of drug-likeness (QED) is 0.271. The summed E-state index contributed by atoms with van der Waals surface area (Å²) in [4.78, 5) is 4.77. The molecule has 1 unspecified atom stereocenters. The van der Waals surface area contributed by atoms with Gasteiger partial charge in [-0.15, -0.1) is 0 Å². The molecule has 0 saturated heterocycles. The Labute approximate surface area is 187 Å². The summed E-state index contributed by atoms with van der Waals surface area (Å²) in [5.41, 5.74) is 0. The minimum Gasteiger partial charge on any atom is -0.378 e. The largest absolute Gasteiger partial charge is 0.378 e. The van der Waals surface area contributed by atoms with Crippen LogP contribution >= 0.6 is 12.2 Å². The third kappa shape index (κ3) is 12.1. The number of hydrogen-bond donors (Lipinski definition) is 1. The van der Waals surface area contributed by atoms with E-state index >= 15 is 0 Å². The molecule has 1 fully saturated rings. The summed E-state index contributed by atoms with van der Waals surface area (Å²) >= 11 is 5.57. The Bertz CT molecular complexity index is 413. The van der Waals surface area contributed by atoms with Crippen molar-refractivity contribution in [1.29, 1.82) is 0 Å². The van der Waals surface area contributed by atoms with Crippen LogP contribution in [0.2, 0.25) is 0 Å².